The molecule has 0 bridgehead atoms. The van der Waals surface area contributed by atoms with E-state index < -0.39 is 0 Å². The number of terminal acetylenes is 1. The van der Waals surface area contributed by atoms with Crippen LogP contribution in [0.3, 0.4) is 0 Å². The first-order valence-corrected chi connectivity index (χ1v) is 5.69. The van der Waals surface area contributed by atoms with Gasteiger partial charge >= 0.3 is 6.03 Å². The molecule has 1 rings (SSSR count). The maximum absolute atomic E-state index is 11.8. The Morgan fingerprint density at radius 3 is 2.39 bits per heavy atom. The molecule has 2 amide bonds. The summed E-state index contributed by atoms with van der Waals surface area (Å²) in [5, 5.41) is 2.72. The van der Waals surface area contributed by atoms with E-state index in [1.807, 2.05) is 6.92 Å². The molecule has 0 spiro atoms. The van der Waals surface area contributed by atoms with E-state index in [0.29, 0.717) is 17.8 Å². The van der Waals surface area contributed by atoms with E-state index in [-0.39, 0.29) is 18.4 Å². The van der Waals surface area contributed by atoms with E-state index in [1.54, 1.807) is 24.3 Å². The number of amides is 2. The third-order valence-electron chi connectivity index (χ3n) is 2.49. The number of rotatable bonds is 4. The molecule has 4 nitrogen and oxygen atoms in total. The minimum Gasteiger partial charge on any atom is -0.314 e. The first kappa shape index (κ1) is 13.8. The van der Waals surface area contributed by atoms with Gasteiger partial charge in [0, 0.05) is 17.8 Å². The molecule has 1 N–H and O–H groups in total. The van der Waals surface area contributed by atoms with Crippen LogP contribution in [0.4, 0.5) is 10.5 Å². The molecular formula is C14H16N2O2. The molecule has 0 heterocycles. The van der Waals surface area contributed by atoms with Crippen LogP contribution in [-0.2, 0) is 0 Å². The Labute approximate surface area is 107 Å². The fourth-order valence-corrected chi connectivity index (χ4v) is 1.43. The third-order valence-corrected chi connectivity index (χ3v) is 2.49. The summed E-state index contributed by atoms with van der Waals surface area (Å²) < 4.78 is 0. The SMILES string of the molecule is C#CCN(CC)C(=O)Nc1ccc(C(C)=O)cc1. The van der Waals surface area contributed by atoms with E-state index in [4.69, 9.17) is 6.42 Å². The maximum atomic E-state index is 11.8. The van der Waals surface area contributed by atoms with Crippen LogP contribution in [0.1, 0.15) is 24.2 Å². The average molecular weight is 244 g/mol. The van der Waals surface area contributed by atoms with Crippen molar-refractivity contribution in [1.82, 2.24) is 4.90 Å². The number of carbonyl (C=O) groups is 2. The third kappa shape index (κ3) is 3.63. The lowest BCUT2D eigenvalue weighted by Crippen LogP contribution is -2.35. The highest BCUT2D eigenvalue weighted by Gasteiger charge is 2.10. The fourth-order valence-electron chi connectivity index (χ4n) is 1.43. The van der Waals surface area contributed by atoms with Gasteiger partial charge in [-0.05, 0) is 38.1 Å². The molecule has 0 radical (unpaired) electrons. The number of hydrogen-bond donors (Lipinski definition) is 1. The van der Waals surface area contributed by atoms with Crippen LogP contribution in [0.25, 0.3) is 0 Å². The van der Waals surface area contributed by atoms with E-state index in [9.17, 15) is 9.59 Å². The summed E-state index contributed by atoms with van der Waals surface area (Å²) in [7, 11) is 0. The summed E-state index contributed by atoms with van der Waals surface area (Å²) in [5.41, 5.74) is 1.25. The van der Waals surface area contributed by atoms with Crippen molar-refractivity contribution in [2.24, 2.45) is 0 Å². The predicted octanol–water partition coefficient (Wildman–Crippen LogP) is 2.38. The van der Waals surface area contributed by atoms with Crippen molar-refractivity contribution in [1.29, 1.82) is 0 Å². The Hall–Kier alpha value is -2.28. The molecule has 0 saturated heterocycles. The van der Waals surface area contributed by atoms with Crippen molar-refractivity contribution in [2.75, 3.05) is 18.4 Å². The van der Waals surface area contributed by atoms with Crippen LogP contribution in [0, 0.1) is 12.3 Å². The van der Waals surface area contributed by atoms with Crippen LogP contribution < -0.4 is 5.32 Å². The average Bonchev–Trinajstić information content (AvgIpc) is 2.36. The van der Waals surface area contributed by atoms with E-state index in [1.165, 1.54) is 11.8 Å². The summed E-state index contributed by atoms with van der Waals surface area (Å²) in [6.07, 6.45) is 5.18. The van der Waals surface area contributed by atoms with Gasteiger partial charge in [0.15, 0.2) is 5.78 Å². The molecule has 18 heavy (non-hydrogen) atoms. The van der Waals surface area contributed by atoms with Crippen molar-refractivity contribution >= 4 is 17.5 Å². The van der Waals surface area contributed by atoms with Gasteiger partial charge in [-0.15, -0.1) is 6.42 Å². The Kier molecular flexibility index (Phi) is 4.94. The van der Waals surface area contributed by atoms with E-state index in [2.05, 4.69) is 11.2 Å². The Bertz CT molecular complexity index is 472. The van der Waals surface area contributed by atoms with Gasteiger partial charge in [-0.25, -0.2) is 4.79 Å². The Balaban J connectivity index is 2.70. The number of ketones is 1. The molecule has 0 aliphatic rings. The van der Waals surface area contributed by atoms with Gasteiger partial charge < -0.3 is 10.2 Å². The van der Waals surface area contributed by atoms with Crippen LogP contribution >= 0.6 is 0 Å². The molecule has 0 aromatic heterocycles. The smallest absolute Gasteiger partial charge is 0.314 e. The van der Waals surface area contributed by atoms with Crippen molar-refractivity contribution < 1.29 is 9.59 Å². The van der Waals surface area contributed by atoms with Gasteiger partial charge in [0.1, 0.15) is 0 Å². The lowest BCUT2D eigenvalue weighted by atomic mass is 10.1. The molecule has 0 aliphatic carbocycles. The maximum Gasteiger partial charge on any atom is 0.322 e. The van der Waals surface area contributed by atoms with Gasteiger partial charge in [-0.2, -0.15) is 0 Å². The molecule has 0 aliphatic heterocycles. The number of hydrogen-bond acceptors (Lipinski definition) is 2. The molecule has 1 aromatic carbocycles. The first-order valence-electron chi connectivity index (χ1n) is 5.69. The number of Topliss-reactive ketones (excluding diaryl/α,β-unsaturated/α-hetero) is 1. The van der Waals surface area contributed by atoms with Gasteiger partial charge in [-0.3, -0.25) is 4.79 Å². The molecule has 0 unspecified atom stereocenters. The highest BCUT2D eigenvalue weighted by Crippen LogP contribution is 2.10. The normalized spacial score (nSPS) is 9.39. The second kappa shape index (κ2) is 6.45. The molecule has 0 atom stereocenters. The number of benzene rings is 1. The van der Waals surface area contributed by atoms with Gasteiger partial charge in [0.2, 0.25) is 0 Å². The zero-order chi connectivity index (χ0) is 13.5. The van der Waals surface area contributed by atoms with Gasteiger partial charge in [-0.1, -0.05) is 5.92 Å². The highest BCUT2D eigenvalue weighted by atomic mass is 16.2. The summed E-state index contributed by atoms with van der Waals surface area (Å²) in [6, 6.07) is 6.49. The minimum atomic E-state index is -0.244. The Morgan fingerprint density at radius 2 is 1.94 bits per heavy atom. The van der Waals surface area contributed by atoms with Crippen molar-refractivity contribution in [3.63, 3.8) is 0 Å². The van der Waals surface area contributed by atoms with E-state index in [0.717, 1.165) is 0 Å². The lowest BCUT2D eigenvalue weighted by molar-refractivity contribution is 0.101. The van der Waals surface area contributed by atoms with Crippen molar-refractivity contribution in [3.8, 4) is 12.3 Å². The topological polar surface area (TPSA) is 49.4 Å². The number of anilines is 1. The van der Waals surface area contributed by atoms with Crippen molar-refractivity contribution in [3.05, 3.63) is 29.8 Å². The predicted molar refractivity (Wildman–Crippen MR) is 71.5 cm³/mol. The first-order chi connectivity index (χ1) is 8.58. The summed E-state index contributed by atoms with van der Waals surface area (Å²) in [4.78, 5) is 24.4. The number of nitrogens with one attached hydrogen (secondary N) is 1. The van der Waals surface area contributed by atoms with Crippen LogP contribution in [0.15, 0.2) is 24.3 Å². The molecular weight excluding hydrogens is 228 g/mol. The van der Waals surface area contributed by atoms with E-state index >= 15 is 0 Å². The molecule has 1 aromatic rings. The molecule has 0 fully saturated rings. The highest BCUT2D eigenvalue weighted by molar-refractivity contribution is 5.95. The second-order valence-electron chi connectivity index (χ2n) is 3.78. The van der Waals surface area contributed by atoms with Crippen LogP contribution in [-0.4, -0.2) is 29.8 Å². The minimum absolute atomic E-state index is 0.00427. The standard InChI is InChI=1S/C14H16N2O2/c1-4-10-16(5-2)14(18)15-13-8-6-12(7-9-13)11(3)17/h1,6-9H,5,10H2,2-3H3,(H,15,18). The second-order valence-corrected chi connectivity index (χ2v) is 3.78. The van der Waals surface area contributed by atoms with Crippen LogP contribution in [0.5, 0.6) is 0 Å². The zero-order valence-electron chi connectivity index (χ0n) is 10.6. The van der Waals surface area contributed by atoms with Crippen LogP contribution in [0.2, 0.25) is 0 Å². The molecule has 0 saturated carbocycles. The number of urea groups is 1. The van der Waals surface area contributed by atoms with Gasteiger partial charge in [0.25, 0.3) is 0 Å². The fraction of sp³-hybridized carbons (Fsp3) is 0.286. The summed E-state index contributed by atoms with van der Waals surface area (Å²) >= 11 is 0. The molecule has 4 heteroatoms. The number of nitrogens with zero attached hydrogens (tertiary/aromatic N) is 1. The number of carbonyl (C=O) groups excluding carboxylic acids is 2. The zero-order valence-corrected chi connectivity index (χ0v) is 10.6. The summed E-state index contributed by atoms with van der Waals surface area (Å²) in [5.74, 6) is 2.43. The summed E-state index contributed by atoms with van der Waals surface area (Å²) in [6.45, 7) is 4.17. The Morgan fingerprint density at radius 1 is 1.33 bits per heavy atom. The van der Waals surface area contributed by atoms with Gasteiger partial charge in [0.05, 0.1) is 6.54 Å². The monoisotopic (exact) mass is 244 g/mol. The quantitative estimate of drug-likeness (QED) is 0.653. The van der Waals surface area contributed by atoms with Crippen molar-refractivity contribution in [2.45, 2.75) is 13.8 Å². The largest absolute Gasteiger partial charge is 0.322 e. The lowest BCUT2D eigenvalue weighted by Gasteiger charge is -2.18. The molecule has 94 valence electrons.